The highest BCUT2D eigenvalue weighted by Crippen LogP contribution is 2.29. The molecule has 0 heterocycles. The van der Waals surface area contributed by atoms with E-state index >= 15 is 0 Å². The minimum atomic E-state index is -4.42. The predicted molar refractivity (Wildman–Crippen MR) is 88.5 cm³/mol. The Bertz CT molecular complexity index is 579. The first-order valence-electron chi connectivity index (χ1n) is 7.32. The third-order valence-electron chi connectivity index (χ3n) is 3.34. The molecular formula is C16H21F3N2O2S. The average molecular weight is 362 g/mol. The molecule has 0 saturated heterocycles. The van der Waals surface area contributed by atoms with Crippen molar-refractivity contribution in [2.24, 2.45) is 0 Å². The molecule has 0 radical (unpaired) electrons. The molecule has 0 unspecified atom stereocenters. The van der Waals surface area contributed by atoms with Crippen LogP contribution in [0.3, 0.4) is 0 Å². The molecular weight excluding hydrogens is 341 g/mol. The molecule has 0 spiro atoms. The summed E-state index contributed by atoms with van der Waals surface area (Å²) in [4.78, 5) is 25.0. The van der Waals surface area contributed by atoms with Crippen LogP contribution < -0.4 is 5.32 Å². The van der Waals surface area contributed by atoms with Crippen LogP contribution in [0.5, 0.6) is 0 Å². The third kappa shape index (κ3) is 6.43. The van der Waals surface area contributed by atoms with Crippen LogP contribution in [0, 0.1) is 0 Å². The maximum Gasteiger partial charge on any atom is 0.416 e. The number of likely N-dealkylation sites (N-methyl/N-ethyl adjacent to an activating group) is 1. The van der Waals surface area contributed by atoms with Crippen molar-refractivity contribution in [3.8, 4) is 0 Å². The zero-order valence-electron chi connectivity index (χ0n) is 13.8. The van der Waals surface area contributed by atoms with E-state index in [0.29, 0.717) is 17.7 Å². The number of halogens is 3. The minimum absolute atomic E-state index is 0.0398. The first kappa shape index (κ1) is 20.3. The standard InChI is InChI=1S/C16H21F3N2O2S/c1-11(22)20-14(7-8-24-3)15(23)21(2)10-12-5-4-6-13(9-12)16(17,18)19/h4-6,9,14H,7-8,10H2,1-3H3,(H,20,22)/t14-/m0/s1. The number of carbonyl (C=O) groups is 2. The summed E-state index contributed by atoms with van der Waals surface area (Å²) in [5.74, 6) is 0.0484. The molecule has 0 bridgehead atoms. The van der Waals surface area contributed by atoms with E-state index in [-0.39, 0.29) is 18.4 Å². The van der Waals surface area contributed by atoms with Crippen LogP contribution >= 0.6 is 11.8 Å². The van der Waals surface area contributed by atoms with Gasteiger partial charge in [0.25, 0.3) is 0 Å². The number of nitrogens with one attached hydrogen (secondary N) is 1. The Hall–Kier alpha value is -1.70. The number of amides is 2. The molecule has 0 aliphatic heterocycles. The van der Waals surface area contributed by atoms with E-state index in [9.17, 15) is 22.8 Å². The van der Waals surface area contributed by atoms with Crippen LogP contribution in [0.1, 0.15) is 24.5 Å². The maximum absolute atomic E-state index is 12.7. The van der Waals surface area contributed by atoms with Gasteiger partial charge in [-0.15, -0.1) is 0 Å². The molecule has 1 atom stereocenters. The summed E-state index contributed by atoms with van der Waals surface area (Å²) < 4.78 is 38.2. The molecule has 2 amide bonds. The lowest BCUT2D eigenvalue weighted by Crippen LogP contribution is -2.46. The van der Waals surface area contributed by atoms with Crippen LogP contribution in [0.4, 0.5) is 13.2 Å². The van der Waals surface area contributed by atoms with E-state index in [2.05, 4.69) is 5.32 Å². The van der Waals surface area contributed by atoms with Gasteiger partial charge in [-0.05, 0) is 36.1 Å². The van der Waals surface area contributed by atoms with Crippen molar-refractivity contribution in [3.63, 3.8) is 0 Å². The number of thioether (sulfide) groups is 1. The van der Waals surface area contributed by atoms with Crippen molar-refractivity contribution in [1.29, 1.82) is 0 Å². The van der Waals surface area contributed by atoms with Gasteiger partial charge in [0, 0.05) is 20.5 Å². The monoisotopic (exact) mass is 362 g/mol. The summed E-state index contributed by atoms with van der Waals surface area (Å²) in [5.41, 5.74) is -0.367. The Kier molecular flexibility index (Phi) is 7.59. The third-order valence-corrected chi connectivity index (χ3v) is 3.98. The molecule has 4 nitrogen and oxygen atoms in total. The van der Waals surface area contributed by atoms with E-state index in [4.69, 9.17) is 0 Å². The molecule has 0 aliphatic carbocycles. The highest BCUT2D eigenvalue weighted by molar-refractivity contribution is 7.98. The second kappa shape index (κ2) is 8.96. The Balaban J connectivity index is 2.82. The molecule has 1 rings (SSSR count). The second-order valence-electron chi connectivity index (χ2n) is 5.43. The van der Waals surface area contributed by atoms with Crippen molar-refractivity contribution >= 4 is 23.6 Å². The van der Waals surface area contributed by atoms with Gasteiger partial charge in [0.05, 0.1) is 5.56 Å². The van der Waals surface area contributed by atoms with Gasteiger partial charge < -0.3 is 10.2 Å². The van der Waals surface area contributed by atoms with Crippen LogP contribution in [-0.4, -0.2) is 41.8 Å². The predicted octanol–water partition coefficient (Wildman–Crippen LogP) is 2.92. The first-order valence-corrected chi connectivity index (χ1v) is 8.71. The number of hydrogen-bond acceptors (Lipinski definition) is 3. The van der Waals surface area contributed by atoms with Crippen LogP contribution in [0.25, 0.3) is 0 Å². The maximum atomic E-state index is 12.7. The average Bonchev–Trinajstić information content (AvgIpc) is 2.49. The number of alkyl halides is 3. The fourth-order valence-electron chi connectivity index (χ4n) is 2.20. The molecule has 0 fully saturated rings. The van der Waals surface area contributed by atoms with Crippen molar-refractivity contribution in [2.75, 3.05) is 19.1 Å². The van der Waals surface area contributed by atoms with Gasteiger partial charge in [-0.2, -0.15) is 24.9 Å². The van der Waals surface area contributed by atoms with Gasteiger partial charge in [-0.25, -0.2) is 0 Å². The lowest BCUT2D eigenvalue weighted by Gasteiger charge is -2.24. The normalized spacial score (nSPS) is 12.6. The van der Waals surface area contributed by atoms with Gasteiger partial charge in [-0.3, -0.25) is 9.59 Å². The molecule has 1 aromatic rings. The Morgan fingerprint density at radius 1 is 1.33 bits per heavy atom. The van der Waals surface area contributed by atoms with E-state index in [1.54, 1.807) is 11.8 Å². The summed E-state index contributed by atoms with van der Waals surface area (Å²) in [7, 11) is 1.51. The van der Waals surface area contributed by atoms with E-state index in [1.165, 1.54) is 31.0 Å². The van der Waals surface area contributed by atoms with Crippen molar-refractivity contribution in [1.82, 2.24) is 10.2 Å². The summed E-state index contributed by atoms with van der Waals surface area (Å²) in [6.45, 7) is 1.37. The van der Waals surface area contributed by atoms with Crippen molar-refractivity contribution in [2.45, 2.75) is 32.1 Å². The second-order valence-corrected chi connectivity index (χ2v) is 6.41. The van der Waals surface area contributed by atoms with Gasteiger partial charge in [0.2, 0.25) is 11.8 Å². The summed E-state index contributed by atoms with van der Waals surface area (Å²) in [6, 6.07) is 4.19. The molecule has 24 heavy (non-hydrogen) atoms. The summed E-state index contributed by atoms with van der Waals surface area (Å²) >= 11 is 1.55. The Morgan fingerprint density at radius 3 is 2.54 bits per heavy atom. The number of hydrogen-bond donors (Lipinski definition) is 1. The topological polar surface area (TPSA) is 49.4 Å². The first-order chi connectivity index (χ1) is 11.1. The minimum Gasteiger partial charge on any atom is -0.345 e. The van der Waals surface area contributed by atoms with Gasteiger partial charge in [-0.1, -0.05) is 12.1 Å². The smallest absolute Gasteiger partial charge is 0.345 e. The van der Waals surface area contributed by atoms with Gasteiger partial charge in [0.1, 0.15) is 6.04 Å². The Morgan fingerprint density at radius 2 is 2.00 bits per heavy atom. The summed E-state index contributed by atoms with van der Waals surface area (Å²) in [6.07, 6.45) is -2.07. The van der Waals surface area contributed by atoms with Crippen molar-refractivity contribution in [3.05, 3.63) is 35.4 Å². The van der Waals surface area contributed by atoms with Crippen molar-refractivity contribution < 1.29 is 22.8 Å². The van der Waals surface area contributed by atoms with Crippen LogP contribution in [-0.2, 0) is 22.3 Å². The van der Waals surface area contributed by atoms with E-state index in [1.807, 2.05) is 6.26 Å². The molecule has 1 N–H and O–H groups in total. The zero-order chi connectivity index (χ0) is 18.3. The fraction of sp³-hybridized carbons (Fsp3) is 0.500. The largest absolute Gasteiger partial charge is 0.416 e. The summed E-state index contributed by atoms with van der Waals surface area (Å²) in [5, 5.41) is 2.59. The fourth-order valence-corrected chi connectivity index (χ4v) is 2.67. The SMILES string of the molecule is CSCC[C@H](NC(C)=O)C(=O)N(C)Cc1cccc(C(F)(F)F)c1. The highest BCUT2D eigenvalue weighted by Gasteiger charge is 2.30. The lowest BCUT2D eigenvalue weighted by molar-refractivity contribution is -0.137. The van der Waals surface area contributed by atoms with Gasteiger partial charge in [0.15, 0.2) is 0 Å². The molecule has 8 heteroatoms. The number of benzene rings is 1. The lowest BCUT2D eigenvalue weighted by atomic mass is 10.1. The molecule has 0 aromatic heterocycles. The number of rotatable bonds is 7. The van der Waals surface area contributed by atoms with Gasteiger partial charge >= 0.3 is 6.18 Å². The zero-order valence-corrected chi connectivity index (χ0v) is 14.6. The van der Waals surface area contributed by atoms with E-state index < -0.39 is 17.8 Å². The van der Waals surface area contributed by atoms with Crippen LogP contribution in [0.15, 0.2) is 24.3 Å². The van der Waals surface area contributed by atoms with Crippen LogP contribution in [0.2, 0.25) is 0 Å². The molecule has 0 aliphatic rings. The van der Waals surface area contributed by atoms with E-state index in [0.717, 1.165) is 12.1 Å². The number of nitrogens with zero attached hydrogens (tertiary/aromatic N) is 1. The molecule has 0 saturated carbocycles. The molecule has 134 valence electrons. The number of carbonyl (C=O) groups excluding carboxylic acids is 2. The quantitative estimate of drug-likeness (QED) is 0.811. The molecule has 1 aromatic carbocycles. The highest BCUT2D eigenvalue weighted by atomic mass is 32.2. The Labute approximate surface area is 143 Å².